The molecule has 0 aliphatic heterocycles. The number of amides is 1. The molecule has 144 valence electrons. The number of aryl methyl sites for hydroxylation is 1. The fourth-order valence-electron chi connectivity index (χ4n) is 2.51. The Morgan fingerprint density at radius 3 is 2.57 bits per heavy atom. The van der Waals surface area contributed by atoms with Crippen LogP contribution in [0, 0.1) is 12.7 Å². The van der Waals surface area contributed by atoms with E-state index in [2.05, 4.69) is 9.97 Å². The molecule has 0 aliphatic carbocycles. The molecule has 0 radical (unpaired) electrons. The molecule has 3 rings (SSSR count). The van der Waals surface area contributed by atoms with Gasteiger partial charge in [-0.15, -0.1) is 0 Å². The number of rotatable bonds is 6. The normalized spacial score (nSPS) is 10.5. The van der Waals surface area contributed by atoms with Gasteiger partial charge in [-0.1, -0.05) is 29.5 Å². The Balaban J connectivity index is 1.98. The first-order chi connectivity index (χ1) is 13.5. The van der Waals surface area contributed by atoms with Crippen LogP contribution in [0.25, 0.3) is 0 Å². The third-order valence-corrected chi connectivity index (χ3v) is 5.02. The predicted molar refractivity (Wildman–Crippen MR) is 104 cm³/mol. The Kier molecular flexibility index (Phi) is 6.10. The Bertz CT molecular complexity index is 974. The standard InChI is InChI=1S/C20H18FN3O3S/c1-3-27-19(26)17-13(2)23-20(28-17)24(12-14-7-9-15(21)10-8-14)18(25)16-6-4-5-11-22-16/h4-11H,3,12H2,1-2H3. The molecule has 0 saturated carbocycles. The summed E-state index contributed by atoms with van der Waals surface area (Å²) in [6, 6.07) is 10.9. The molecule has 28 heavy (non-hydrogen) atoms. The quantitative estimate of drug-likeness (QED) is 0.586. The van der Waals surface area contributed by atoms with Gasteiger partial charge < -0.3 is 4.74 Å². The van der Waals surface area contributed by atoms with E-state index in [0.717, 1.165) is 16.9 Å². The van der Waals surface area contributed by atoms with Crippen LogP contribution in [-0.2, 0) is 11.3 Å². The van der Waals surface area contributed by atoms with E-state index in [1.165, 1.54) is 23.2 Å². The van der Waals surface area contributed by atoms with Gasteiger partial charge in [0.25, 0.3) is 5.91 Å². The van der Waals surface area contributed by atoms with Crippen LogP contribution < -0.4 is 4.90 Å². The van der Waals surface area contributed by atoms with Crippen LogP contribution >= 0.6 is 11.3 Å². The van der Waals surface area contributed by atoms with Gasteiger partial charge in [0.15, 0.2) is 5.13 Å². The summed E-state index contributed by atoms with van der Waals surface area (Å²) in [7, 11) is 0. The molecule has 8 heteroatoms. The summed E-state index contributed by atoms with van der Waals surface area (Å²) >= 11 is 1.08. The van der Waals surface area contributed by atoms with E-state index in [1.54, 1.807) is 44.2 Å². The lowest BCUT2D eigenvalue weighted by atomic mass is 10.2. The van der Waals surface area contributed by atoms with Gasteiger partial charge in [0.2, 0.25) is 0 Å². The highest BCUT2D eigenvalue weighted by Gasteiger charge is 2.25. The Morgan fingerprint density at radius 2 is 1.93 bits per heavy atom. The minimum absolute atomic E-state index is 0.158. The lowest BCUT2D eigenvalue weighted by Gasteiger charge is -2.19. The van der Waals surface area contributed by atoms with Crippen molar-refractivity contribution in [2.45, 2.75) is 20.4 Å². The number of ether oxygens (including phenoxy) is 1. The van der Waals surface area contributed by atoms with Crippen molar-refractivity contribution in [1.29, 1.82) is 0 Å². The largest absolute Gasteiger partial charge is 0.462 e. The molecule has 0 saturated heterocycles. The maximum absolute atomic E-state index is 13.2. The van der Waals surface area contributed by atoms with Crippen molar-refractivity contribution < 1.29 is 18.7 Å². The molecule has 0 bridgehead atoms. The molecule has 0 atom stereocenters. The lowest BCUT2D eigenvalue weighted by molar-refractivity contribution is 0.0531. The molecule has 0 unspecified atom stereocenters. The van der Waals surface area contributed by atoms with E-state index in [-0.39, 0.29) is 30.6 Å². The summed E-state index contributed by atoms with van der Waals surface area (Å²) < 4.78 is 18.3. The highest BCUT2D eigenvalue weighted by molar-refractivity contribution is 7.17. The second-order valence-corrected chi connectivity index (χ2v) is 6.84. The molecule has 0 fully saturated rings. The molecular weight excluding hydrogens is 381 g/mol. The van der Waals surface area contributed by atoms with E-state index in [4.69, 9.17) is 4.74 Å². The second kappa shape index (κ2) is 8.71. The number of aromatic nitrogens is 2. The highest BCUT2D eigenvalue weighted by Crippen LogP contribution is 2.29. The van der Waals surface area contributed by atoms with Crippen LogP contribution in [0.1, 0.15) is 38.3 Å². The van der Waals surface area contributed by atoms with Crippen LogP contribution in [0.15, 0.2) is 48.7 Å². The van der Waals surface area contributed by atoms with Crippen molar-refractivity contribution in [3.8, 4) is 0 Å². The van der Waals surface area contributed by atoms with Gasteiger partial charge in [0.05, 0.1) is 18.8 Å². The molecule has 2 heterocycles. The third kappa shape index (κ3) is 4.40. The SMILES string of the molecule is CCOC(=O)c1sc(N(Cc2ccc(F)cc2)C(=O)c2ccccn2)nc1C. The zero-order valence-corrected chi connectivity index (χ0v) is 16.2. The molecule has 2 aromatic heterocycles. The van der Waals surface area contributed by atoms with Crippen molar-refractivity contribution in [3.63, 3.8) is 0 Å². The number of hydrogen-bond donors (Lipinski definition) is 0. The molecule has 3 aromatic rings. The molecule has 1 aromatic carbocycles. The van der Waals surface area contributed by atoms with Gasteiger partial charge >= 0.3 is 5.97 Å². The monoisotopic (exact) mass is 399 g/mol. The van der Waals surface area contributed by atoms with E-state index in [1.807, 2.05) is 0 Å². The highest BCUT2D eigenvalue weighted by atomic mass is 32.1. The van der Waals surface area contributed by atoms with Gasteiger partial charge in [0.1, 0.15) is 16.4 Å². The number of anilines is 1. The first-order valence-corrected chi connectivity index (χ1v) is 9.43. The van der Waals surface area contributed by atoms with Crippen molar-refractivity contribution in [1.82, 2.24) is 9.97 Å². The summed E-state index contributed by atoms with van der Waals surface area (Å²) in [5, 5.41) is 0.348. The van der Waals surface area contributed by atoms with Gasteiger partial charge in [-0.05, 0) is 43.7 Å². The topological polar surface area (TPSA) is 72.4 Å². The van der Waals surface area contributed by atoms with Gasteiger partial charge in [-0.25, -0.2) is 14.2 Å². The average Bonchev–Trinajstić information content (AvgIpc) is 3.09. The number of halogens is 1. The van der Waals surface area contributed by atoms with Crippen LogP contribution in [0.2, 0.25) is 0 Å². The zero-order valence-electron chi connectivity index (χ0n) is 15.4. The van der Waals surface area contributed by atoms with Crippen molar-refractivity contribution >= 4 is 28.3 Å². The van der Waals surface area contributed by atoms with E-state index >= 15 is 0 Å². The number of pyridine rings is 1. The number of hydrogen-bond acceptors (Lipinski definition) is 6. The lowest BCUT2D eigenvalue weighted by Crippen LogP contribution is -2.31. The van der Waals surface area contributed by atoms with E-state index in [0.29, 0.717) is 15.7 Å². The van der Waals surface area contributed by atoms with E-state index in [9.17, 15) is 14.0 Å². The summed E-state index contributed by atoms with van der Waals surface area (Å²) in [5.74, 6) is -1.20. The third-order valence-electron chi connectivity index (χ3n) is 3.86. The Hall–Kier alpha value is -3.13. The first-order valence-electron chi connectivity index (χ1n) is 8.61. The summed E-state index contributed by atoms with van der Waals surface area (Å²) in [6.45, 7) is 3.82. The second-order valence-electron chi connectivity index (χ2n) is 5.86. The molecular formula is C20H18FN3O3S. The van der Waals surface area contributed by atoms with Gasteiger partial charge in [-0.2, -0.15) is 0 Å². The summed E-state index contributed by atoms with van der Waals surface area (Å²) in [4.78, 5) is 35.5. The van der Waals surface area contributed by atoms with Crippen LogP contribution in [0.3, 0.4) is 0 Å². The number of carbonyl (C=O) groups excluding carboxylic acids is 2. The maximum atomic E-state index is 13.2. The zero-order chi connectivity index (χ0) is 20.1. The smallest absolute Gasteiger partial charge is 0.350 e. The predicted octanol–water partition coefficient (Wildman–Crippen LogP) is 4.01. The van der Waals surface area contributed by atoms with E-state index < -0.39 is 5.97 Å². The Labute approximate surface area is 165 Å². The maximum Gasteiger partial charge on any atom is 0.350 e. The number of carbonyl (C=O) groups is 2. The fourth-order valence-corrected chi connectivity index (χ4v) is 3.47. The summed E-state index contributed by atoms with van der Waals surface area (Å²) in [5.41, 5.74) is 1.45. The van der Waals surface area contributed by atoms with Gasteiger partial charge in [-0.3, -0.25) is 14.7 Å². The number of esters is 1. The van der Waals surface area contributed by atoms with Crippen molar-refractivity contribution in [2.75, 3.05) is 11.5 Å². The summed E-state index contributed by atoms with van der Waals surface area (Å²) in [6.07, 6.45) is 1.53. The molecule has 0 spiro atoms. The molecule has 6 nitrogen and oxygen atoms in total. The number of nitrogens with zero attached hydrogens (tertiary/aromatic N) is 3. The molecule has 1 amide bonds. The van der Waals surface area contributed by atoms with Gasteiger partial charge in [0, 0.05) is 6.20 Å². The van der Waals surface area contributed by atoms with Crippen LogP contribution in [-0.4, -0.2) is 28.5 Å². The Morgan fingerprint density at radius 1 is 1.18 bits per heavy atom. The fraction of sp³-hybridized carbons (Fsp3) is 0.200. The average molecular weight is 399 g/mol. The number of benzene rings is 1. The minimum atomic E-state index is -0.476. The minimum Gasteiger partial charge on any atom is -0.462 e. The molecule has 0 aliphatic rings. The van der Waals surface area contributed by atoms with Crippen LogP contribution in [0.4, 0.5) is 9.52 Å². The van der Waals surface area contributed by atoms with Crippen molar-refractivity contribution in [3.05, 3.63) is 76.3 Å². The van der Waals surface area contributed by atoms with Crippen molar-refractivity contribution in [2.24, 2.45) is 0 Å². The molecule has 0 N–H and O–H groups in total. The first kappa shape index (κ1) is 19.6. The number of thiazole rings is 1. The van der Waals surface area contributed by atoms with Crippen LogP contribution in [0.5, 0.6) is 0 Å².